The van der Waals surface area contributed by atoms with Crippen LogP contribution in [0.5, 0.6) is 5.75 Å². The molecule has 3 aromatic rings. The van der Waals surface area contributed by atoms with Gasteiger partial charge in [-0.15, -0.1) is 0 Å². The van der Waals surface area contributed by atoms with Crippen molar-refractivity contribution in [3.63, 3.8) is 0 Å². The predicted octanol–water partition coefficient (Wildman–Crippen LogP) is 3.05. The molecular formula is C20H18N2O3. The van der Waals surface area contributed by atoms with Crippen LogP contribution in [0.2, 0.25) is 0 Å². The summed E-state index contributed by atoms with van der Waals surface area (Å²) >= 11 is 0. The third kappa shape index (κ3) is 2.45. The summed E-state index contributed by atoms with van der Waals surface area (Å²) in [6.07, 6.45) is 0. The Bertz CT molecular complexity index is 942. The van der Waals surface area contributed by atoms with E-state index in [0.717, 1.165) is 10.8 Å². The Morgan fingerprint density at radius 1 is 1.00 bits per heavy atom. The molecule has 3 aromatic carbocycles. The summed E-state index contributed by atoms with van der Waals surface area (Å²) < 4.78 is 5.84. The largest absolute Gasteiger partial charge is 0.489 e. The van der Waals surface area contributed by atoms with Gasteiger partial charge in [-0.05, 0) is 35.0 Å². The van der Waals surface area contributed by atoms with Crippen LogP contribution < -0.4 is 10.5 Å². The third-order valence-corrected chi connectivity index (χ3v) is 4.51. The van der Waals surface area contributed by atoms with Gasteiger partial charge in [0.05, 0.1) is 7.11 Å². The molecule has 1 aliphatic heterocycles. The minimum atomic E-state index is -1.19. The number of nitrogens with two attached hydrogens (primary N) is 1. The lowest BCUT2D eigenvalue weighted by Gasteiger charge is -2.33. The van der Waals surface area contributed by atoms with Crippen molar-refractivity contribution in [2.45, 2.75) is 5.66 Å². The fourth-order valence-electron chi connectivity index (χ4n) is 3.27. The van der Waals surface area contributed by atoms with Crippen LogP contribution in [0.4, 0.5) is 0 Å². The van der Waals surface area contributed by atoms with E-state index in [4.69, 9.17) is 15.3 Å². The average molecular weight is 334 g/mol. The Labute approximate surface area is 145 Å². The van der Waals surface area contributed by atoms with Crippen LogP contribution >= 0.6 is 0 Å². The highest BCUT2D eigenvalue weighted by atomic mass is 16.7. The van der Waals surface area contributed by atoms with E-state index in [1.54, 1.807) is 0 Å². The van der Waals surface area contributed by atoms with Crippen molar-refractivity contribution in [2.24, 2.45) is 5.73 Å². The maximum absolute atomic E-state index is 12.8. The molecule has 1 atom stereocenters. The summed E-state index contributed by atoms with van der Waals surface area (Å²) in [5.41, 5.74) is 6.66. The number of hydrogen-bond acceptors (Lipinski definition) is 4. The molecule has 0 spiro atoms. The minimum Gasteiger partial charge on any atom is -0.489 e. The molecule has 2 N–H and O–H groups in total. The number of amides is 1. The van der Waals surface area contributed by atoms with Gasteiger partial charge in [-0.2, -0.15) is 5.06 Å². The van der Waals surface area contributed by atoms with Crippen LogP contribution in [0.25, 0.3) is 10.8 Å². The van der Waals surface area contributed by atoms with E-state index < -0.39 is 5.66 Å². The minimum absolute atomic E-state index is 0.0853. The van der Waals surface area contributed by atoms with E-state index in [0.29, 0.717) is 16.9 Å². The number of carbonyl (C=O) groups is 1. The molecule has 1 heterocycles. The molecule has 1 aliphatic rings. The van der Waals surface area contributed by atoms with Gasteiger partial charge in [0.15, 0.2) is 5.66 Å². The quantitative estimate of drug-likeness (QED) is 0.796. The first-order valence-electron chi connectivity index (χ1n) is 8.02. The summed E-state index contributed by atoms with van der Waals surface area (Å²) in [6, 6.07) is 21.0. The first-order chi connectivity index (χ1) is 12.1. The van der Waals surface area contributed by atoms with Crippen molar-refractivity contribution in [1.29, 1.82) is 0 Å². The molecular weight excluding hydrogens is 316 g/mol. The average Bonchev–Trinajstić information content (AvgIpc) is 2.86. The summed E-state index contributed by atoms with van der Waals surface area (Å²) in [7, 11) is 1.44. The Morgan fingerprint density at radius 3 is 2.32 bits per heavy atom. The highest BCUT2D eigenvalue weighted by molar-refractivity contribution is 6.03. The second kappa shape index (κ2) is 5.88. The SMILES string of the molecule is CON1C(=O)c2cc3ccccc3cc2C1(N)COc1ccccc1. The zero-order chi connectivity index (χ0) is 17.4. The summed E-state index contributed by atoms with van der Waals surface area (Å²) in [4.78, 5) is 18.1. The maximum atomic E-state index is 12.8. The van der Waals surface area contributed by atoms with Crippen LogP contribution in [-0.4, -0.2) is 24.7 Å². The highest BCUT2D eigenvalue weighted by Crippen LogP contribution is 2.38. The van der Waals surface area contributed by atoms with Crippen molar-refractivity contribution in [1.82, 2.24) is 5.06 Å². The molecule has 0 fully saturated rings. The van der Waals surface area contributed by atoms with Crippen molar-refractivity contribution >= 4 is 16.7 Å². The Morgan fingerprint density at radius 2 is 1.64 bits per heavy atom. The molecule has 4 rings (SSSR count). The van der Waals surface area contributed by atoms with E-state index >= 15 is 0 Å². The topological polar surface area (TPSA) is 64.8 Å². The van der Waals surface area contributed by atoms with Gasteiger partial charge in [-0.25, -0.2) is 0 Å². The number of para-hydroxylation sites is 1. The number of hydrogen-bond donors (Lipinski definition) is 1. The van der Waals surface area contributed by atoms with Gasteiger partial charge < -0.3 is 4.74 Å². The Kier molecular flexibility index (Phi) is 3.67. The standard InChI is InChI=1S/C20H18N2O3/c1-24-22-19(23)17-11-14-7-5-6-8-15(14)12-18(17)20(22,21)13-25-16-9-3-2-4-10-16/h2-12H,13,21H2,1H3. The lowest BCUT2D eigenvalue weighted by Crippen LogP contribution is -2.54. The zero-order valence-electron chi connectivity index (χ0n) is 13.8. The van der Waals surface area contributed by atoms with E-state index in [1.165, 1.54) is 12.2 Å². The lowest BCUT2D eigenvalue weighted by atomic mass is 9.96. The number of carbonyl (C=O) groups excluding carboxylic acids is 1. The number of nitrogens with zero attached hydrogens (tertiary/aromatic N) is 1. The molecule has 0 saturated heterocycles. The molecule has 0 bridgehead atoms. The number of fused-ring (bicyclic) bond motifs is 2. The Hall–Kier alpha value is -2.89. The van der Waals surface area contributed by atoms with Gasteiger partial charge in [-0.1, -0.05) is 42.5 Å². The molecule has 0 aromatic heterocycles. The van der Waals surface area contributed by atoms with E-state index in [-0.39, 0.29) is 12.5 Å². The van der Waals surface area contributed by atoms with Crippen molar-refractivity contribution in [3.05, 3.63) is 77.9 Å². The number of benzene rings is 3. The number of hydroxylamine groups is 2. The molecule has 0 radical (unpaired) electrons. The lowest BCUT2D eigenvalue weighted by molar-refractivity contribution is -0.167. The van der Waals surface area contributed by atoms with E-state index in [2.05, 4.69) is 0 Å². The first kappa shape index (κ1) is 15.6. The second-order valence-electron chi connectivity index (χ2n) is 6.05. The van der Waals surface area contributed by atoms with Crippen molar-refractivity contribution in [3.8, 4) is 5.75 Å². The zero-order valence-corrected chi connectivity index (χ0v) is 13.8. The van der Waals surface area contributed by atoms with Crippen molar-refractivity contribution < 1.29 is 14.4 Å². The molecule has 126 valence electrons. The van der Waals surface area contributed by atoms with Crippen LogP contribution in [0.3, 0.4) is 0 Å². The smallest absolute Gasteiger partial charge is 0.280 e. The maximum Gasteiger partial charge on any atom is 0.280 e. The fourth-order valence-corrected chi connectivity index (χ4v) is 3.27. The normalized spacial score (nSPS) is 19.3. The summed E-state index contributed by atoms with van der Waals surface area (Å²) in [6.45, 7) is 0.0853. The van der Waals surface area contributed by atoms with Crippen LogP contribution in [0.15, 0.2) is 66.7 Å². The van der Waals surface area contributed by atoms with Gasteiger partial charge in [-0.3, -0.25) is 15.4 Å². The van der Waals surface area contributed by atoms with Gasteiger partial charge in [0, 0.05) is 11.1 Å². The van der Waals surface area contributed by atoms with Gasteiger partial charge >= 0.3 is 0 Å². The van der Waals surface area contributed by atoms with Gasteiger partial charge in [0.25, 0.3) is 5.91 Å². The first-order valence-corrected chi connectivity index (χ1v) is 8.02. The Balaban J connectivity index is 1.78. The predicted molar refractivity (Wildman–Crippen MR) is 94.9 cm³/mol. The molecule has 5 heteroatoms. The molecule has 1 amide bonds. The van der Waals surface area contributed by atoms with Crippen molar-refractivity contribution in [2.75, 3.05) is 13.7 Å². The van der Waals surface area contributed by atoms with Gasteiger partial charge in [0.1, 0.15) is 12.4 Å². The van der Waals surface area contributed by atoms with Gasteiger partial charge in [0.2, 0.25) is 0 Å². The molecule has 0 saturated carbocycles. The van der Waals surface area contributed by atoms with Crippen LogP contribution in [0, 0.1) is 0 Å². The molecule has 5 nitrogen and oxygen atoms in total. The summed E-state index contributed by atoms with van der Waals surface area (Å²) in [5.74, 6) is 0.424. The van der Waals surface area contributed by atoms with E-state index in [9.17, 15) is 4.79 Å². The number of rotatable bonds is 4. The summed E-state index contributed by atoms with van der Waals surface area (Å²) in [5, 5.41) is 3.19. The monoisotopic (exact) mass is 334 g/mol. The number of ether oxygens (including phenoxy) is 1. The molecule has 1 unspecified atom stereocenters. The van der Waals surface area contributed by atoms with Crippen LogP contribution in [0.1, 0.15) is 15.9 Å². The van der Waals surface area contributed by atoms with Crippen LogP contribution in [-0.2, 0) is 10.5 Å². The third-order valence-electron chi connectivity index (χ3n) is 4.51. The van der Waals surface area contributed by atoms with E-state index in [1.807, 2.05) is 66.7 Å². The highest BCUT2D eigenvalue weighted by Gasteiger charge is 2.49. The second-order valence-corrected chi connectivity index (χ2v) is 6.05. The fraction of sp³-hybridized carbons (Fsp3) is 0.150. The molecule has 25 heavy (non-hydrogen) atoms. The molecule has 0 aliphatic carbocycles.